The van der Waals surface area contributed by atoms with Crippen molar-refractivity contribution in [2.75, 3.05) is 0 Å². The second-order valence-electron chi connectivity index (χ2n) is 4.89. The zero-order valence-electron chi connectivity index (χ0n) is 12.1. The minimum atomic E-state index is -0.415. The Labute approximate surface area is 115 Å². The molecule has 2 rings (SSSR count). The Kier molecular flexibility index (Phi) is 3.87. The maximum atomic E-state index is 12.2. The van der Waals surface area contributed by atoms with Gasteiger partial charge in [0, 0.05) is 6.04 Å². The number of amides is 1. The van der Waals surface area contributed by atoms with Crippen molar-refractivity contribution in [1.82, 2.24) is 20.3 Å². The van der Waals surface area contributed by atoms with Crippen LogP contribution in [-0.2, 0) is 11.3 Å². The Morgan fingerprint density at radius 1 is 1.45 bits per heavy atom. The Bertz CT molecular complexity index is 701. The van der Waals surface area contributed by atoms with Crippen LogP contribution >= 0.6 is 0 Å². The molecule has 0 spiro atoms. The molecule has 0 aromatic carbocycles. The summed E-state index contributed by atoms with van der Waals surface area (Å²) >= 11 is 0. The molecule has 0 fully saturated rings. The van der Waals surface area contributed by atoms with E-state index in [1.807, 2.05) is 13.8 Å². The molecule has 1 unspecified atom stereocenters. The van der Waals surface area contributed by atoms with Gasteiger partial charge in [-0.05, 0) is 27.2 Å². The lowest BCUT2D eigenvalue weighted by Crippen LogP contribution is -2.38. The number of rotatable bonds is 4. The molecule has 0 bridgehead atoms. The third kappa shape index (κ3) is 2.56. The van der Waals surface area contributed by atoms with Crippen LogP contribution in [0.1, 0.15) is 31.7 Å². The molecule has 2 aromatic rings. The number of carbonyl (C=O) groups excluding carboxylic acids is 1. The minimum absolute atomic E-state index is 0.0670. The number of hydrogen-bond acceptors (Lipinski definition) is 5. The molecule has 0 aliphatic rings. The van der Waals surface area contributed by atoms with Gasteiger partial charge in [0.15, 0.2) is 5.52 Å². The highest BCUT2D eigenvalue weighted by Crippen LogP contribution is 2.16. The average molecular weight is 278 g/mol. The molecule has 7 heteroatoms. The van der Waals surface area contributed by atoms with Gasteiger partial charge >= 0.3 is 0 Å². The van der Waals surface area contributed by atoms with Crippen molar-refractivity contribution < 1.29 is 9.32 Å². The van der Waals surface area contributed by atoms with E-state index < -0.39 is 5.56 Å². The fourth-order valence-corrected chi connectivity index (χ4v) is 2.01. The summed E-state index contributed by atoms with van der Waals surface area (Å²) < 4.78 is 6.14. The van der Waals surface area contributed by atoms with Gasteiger partial charge in [0.05, 0.1) is 11.1 Å². The molecule has 1 amide bonds. The SMILES string of the molecule is CCC(C)NC(=O)Cn1nc(C)c2c(C)onc2c1=O. The van der Waals surface area contributed by atoms with Crippen molar-refractivity contribution >= 4 is 16.8 Å². The summed E-state index contributed by atoms with van der Waals surface area (Å²) in [5.74, 6) is 0.311. The smallest absolute Gasteiger partial charge is 0.297 e. The number of fused-ring (bicyclic) bond motifs is 1. The summed E-state index contributed by atoms with van der Waals surface area (Å²) in [5.41, 5.74) is 0.419. The van der Waals surface area contributed by atoms with Crippen LogP contribution < -0.4 is 10.9 Å². The number of carbonyl (C=O) groups is 1. The van der Waals surface area contributed by atoms with Crippen molar-refractivity contribution in [1.29, 1.82) is 0 Å². The van der Waals surface area contributed by atoms with Crippen molar-refractivity contribution in [3.8, 4) is 0 Å². The van der Waals surface area contributed by atoms with Gasteiger partial charge in [0.1, 0.15) is 12.3 Å². The van der Waals surface area contributed by atoms with Gasteiger partial charge in [-0.25, -0.2) is 4.68 Å². The van der Waals surface area contributed by atoms with E-state index >= 15 is 0 Å². The predicted octanol–water partition coefficient (Wildman–Crippen LogP) is 0.916. The molecule has 7 nitrogen and oxygen atoms in total. The highest BCUT2D eigenvalue weighted by molar-refractivity contribution is 5.82. The molecule has 0 aliphatic heterocycles. The molecular formula is C13H18N4O3. The third-order valence-electron chi connectivity index (χ3n) is 3.25. The molecule has 0 aliphatic carbocycles. The molecule has 0 saturated heterocycles. The number of hydrogen-bond donors (Lipinski definition) is 1. The van der Waals surface area contributed by atoms with Crippen molar-refractivity contribution in [2.45, 2.75) is 46.7 Å². The number of nitrogens with one attached hydrogen (secondary N) is 1. The largest absolute Gasteiger partial charge is 0.360 e. The molecule has 1 atom stereocenters. The van der Waals surface area contributed by atoms with Crippen LogP contribution in [0.4, 0.5) is 0 Å². The average Bonchev–Trinajstić information content (AvgIpc) is 2.78. The lowest BCUT2D eigenvalue weighted by molar-refractivity contribution is -0.122. The Balaban J connectivity index is 2.34. The summed E-state index contributed by atoms with van der Waals surface area (Å²) in [6.07, 6.45) is 0.828. The minimum Gasteiger partial charge on any atom is -0.360 e. The van der Waals surface area contributed by atoms with Gasteiger partial charge < -0.3 is 9.84 Å². The van der Waals surface area contributed by atoms with Crippen LogP contribution in [-0.4, -0.2) is 26.9 Å². The fourth-order valence-electron chi connectivity index (χ4n) is 2.01. The van der Waals surface area contributed by atoms with E-state index in [1.54, 1.807) is 13.8 Å². The maximum absolute atomic E-state index is 12.2. The molecule has 0 radical (unpaired) electrons. The molecule has 2 heterocycles. The summed E-state index contributed by atoms with van der Waals surface area (Å²) in [6.45, 7) is 7.25. The zero-order chi connectivity index (χ0) is 14.9. The van der Waals surface area contributed by atoms with Crippen LogP contribution in [0.15, 0.2) is 9.32 Å². The first kappa shape index (κ1) is 14.2. The Morgan fingerprint density at radius 2 is 2.15 bits per heavy atom. The predicted molar refractivity (Wildman–Crippen MR) is 73.4 cm³/mol. The highest BCUT2D eigenvalue weighted by Gasteiger charge is 2.16. The number of aryl methyl sites for hydroxylation is 2. The van der Waals surface area contributed by atoms with Crippen LogP contribution in [0.25, 0.3) is 10.9 Å². The molecule has 108 valence electrons. The number of nitrogens with zero attached hydrogens (tertiary/aromatic N) is 3. The highest BCUT2D eigenvalue weighted by atomic mass is 16.5. The lowest BCUT2D eigenvalue weighted by Gasteiger charge is -2.12. The first-order valence-corrected chi connectivity index (χ1v) is 6.57. The van der Waals surface area contributed by atoms with E-state index in [1.165, 1.54) is 0 Å². The van der Waals surface area contributed by atoms with E-state index in [2.05, 4.69) is 15.6 Å². The van der Waals surface area contributed by atoms with Gasteiger partial charge in [0.2, 0.25) is 5.91 Å². The fraction of sp³-hybridized carbons (Fsp3) is 0.538. The van der Waals surface area contributed by atoms with E-state index in [9.17, 15) is 9.59 Å². The van der Waals surface area contributed by atoms with E-state index in [-0.39, 0.29) is 24.0 Å². The van der Waals surface area contributed by atoms with Gasteiger partial charge in [-0.2, -0.15) is 5.10 Å². The molecule has 2 aromatic heterocycles. The Morgan fingerprint density at radius 3 is 2.80 bits per heavy atom. The van der Waals surface area contributed by atoms with Crippen LogP contribution in [0, 0.1) is 13.8 Å². The van der Waals surface area contributed by atoms with Crippen molar-refractivity contribution in [3.63, 3.8) is 0 Å². The number of aromatic nitrogens is 3. The molecule has 0 saturated carbocycles. The van der Waals surface area contributed by atoms with E-state index in [4.69, 9.17) is 4.52 Å². The van der Waals surface area contributed by atoms with Gasteiger partial charge in [0.25, 0.3) is 5.56 Å². The second kappa shape index (κ2) is 5.44. The summed E-state index contributed by atoms with van der Waals surface area (Å²) in [4.78, 5) is 24.0. The quantitative estimate of drug-likeness (QED) is 0.898. The first-order chi connectivity index (χ1) is 9.43. The topological polar surface area (TPSA) is 90.0 Å². The lowest BCUT2D eigenvalue weighted by atomic mass is 10.2. The van der Waals surface area contributed by atoms with Crippen LogP contribution in [0.2, 0.25) is 0 Å². The standard InChI is InChI=1S/C13H18N4O3/c1-5-7(2)14-10(18)6-17-13(19)12-11(8(3)15-17)9(4)20-16-12/h7H,5-6H2,1-4H3,(H,14,18). The summed E-state index contributed by atoms with van der Waals surface area (Å²) in [6, 6.07) is 0.0670. The second-order valence-corrected chi connectivity index (χ2v) is 4.89. The molecule has 20 heavy (non-hydrogen) atoms. The molecular weight excluding hydrogens is 260 g/mol. The summed E-state index contributed by atoms with van der Waals surface area (Å²) in [5, 5.41) is 11.3. The van der Waals surface area contributed by atoms with E-state index in [0.717, 1.165) is 11.1 Å². The normalized spacial score (nSPS) is 12.6. The van der Waals surface area contributed by atoms with Crippen molar-refractivity contribution in [3.05, 3.63) is 21.8 Å². The van der Waals surface area contributed by atoms with Crippen LogP contribution in [0.5, 0.6) is 0 Å². The van der Waals surface area contributed by atoms with Crippen molar-refractivity contribution in [2.24, 2.45) is 0 Å². The zero-order valence-corrected chi connectivity index (χ0v) is 12.1. The third-order valence-corrected chi connectivity index (χ3v) is 3.25. The molecule has 1 N–H and O–H groups in total. The van der Waals surface area contributed by atoms with Gasteiger partial charge in [-0.15, -0.1) is 0 Å². The van der Waals surface area contributed by atoms with E-state index in [0.29, 0.717) is 16.8 Å². The maximum Gasteiger partial charge on any atom is 0.297 e. The monoisotopic (exact) mass is 278 g/mol. The summed E-state index contributed by atoms with van der Waals surface area (Å²) in [7, 11) is 0. The Hall–Kier alpha value is -2.18. The van der Waals surface area contributed by atoms with Gasteiger partial charge in [-0.3, -0.25) is 9.59 Å². The van der Waals surface area contributed by atoms with Gasteiger partial charge in [-0.1, -0.05) is 12.1 Å². The first-order valence-electron chi connectivity index (χ1n) is 6.57. The van der Waals surface area contributed by atoms with Crippen LogP contribution in [0.3, 0.4) is 0 Å².